The molecule has 2 atom stereocenters. The van der Waals surface area contributed by atoms with Gasteiger partial charge in [-0.2, -0.15) is 0 Å². The van der Waals surface area contributed by atoms with Crippen LogP contribution in [0.25, 0.3) is 11.1 Å². The van der Waals surface area contributed by atoms with E-state index in [0.29, 0.717) is 13.0 Å². The predicted molar refractivity (Wildman–Crippen MR) is 96.7 cm³/mol. The van der Waals surface area contributed by atoms with Gasteiger partial charge in [0.15, 0.2) is 0 Å². The Morgan fingerprint density at radius 3 is 2.36 bits per heavy atom. The third-order valence-corrected chi connectivity index (χ3v) is 4.66. The summed E-state index contributed by atoms with van der Waals surface area (Å²) < 4.78 is 18.5. The number of halogens is 1. The van der Waals surface area contributed by atoms with Crippen LogP contribution in [-0.4, -0.2) is 23.6 Å². The second-order valence-electron chi connectivity index (χ2n) is 6.32. The van der Waals surface area contributed by atoms with Crippen LogP contribution in [0.2, 0.25) is 0 Å². The van der Waals surface area contributed by atoms with Crippen molar-refractivity contribution < 1.29 is 13.9 Å². The number of carbonyl (C=O) groups excluding carboxylic acids is 1. The third kappa shape index (κ3) is 3.90. The zero-order valence-electron chi connectivity index (χ0n) is 14.3. The lowest BCUT2D eigenvalue weighted by molar-refractivity contribution is 0.0146. The number of amides is 1. The molecule has 0 saturated carbocycles. The maximum atomic E-state index is 13.0. The Morgan fingerprint density at radius 2 is 1.80 bits per heavy atom. The molecule has 2 aromatic rings. The highest BCUT2D eigenvalue weighted by molar-refractivity contribution is 5.69. The summed E-state index contributed by atoms with van der Waals surface area (Å²) in [5.41, 5.74) is 3.03. The van der Waals surface area contributed by atoms with Gasteiger partial charge in [-0.25, -0.2) is 9.18 Å². The molecule has 1 heterocycles. The SMILES string of the molecule is C=CC[C@@H]1CCN([C@@H](C)c2ccc(-c3ccc(F)cc3)cc2)C(=O)O1. The van der Waals surface area contributed by atoms with E-state index < -0.39 is 0 Å². The number of hydrogen-bond donors (Lipinski definition) is 0. The number of hydrogen-bond acceptors (Lipinski definition) is 2. The van der Waals surface area contributed by atoms with Crippen LogP contribution >= 0.6 is 0 Å². The molecule has 4 heteroatoms. The van der Waals surface area contributed by atoms with Crippen molar-refractivity contribution in [1.82, 2.24) is 4.90 Å². The first-order chi connectivity index (χ1) is 12.1. The van der Waals surface area contributed by atoms with Gasteiger partial charge in [-0.15, -0.1) is 6.58 Å². The van der Waals surface area contributed by atoms with Gasteiger partial charge >= 0.3 is 6.09 Å². The minimum atomic E-state index is -0.270. The van der Waals surface area contributed by atoms with Gasteiger partial charge < -0.3 is 9.64 Å². The zero-order valence-corrected chi connectivity index (χ0v) is 14.3. The normalized spacial score (nSPS) is 18.6. The Kier molecular flexibility index (Phi) is 5.17. The largest absolute Gasteiger partial charge is 0.446 e. The molecule has 0 spiro atoms. The number of benzene rings is 2. The van der Waals surface area contributed by atoms with E-state index in [0.717, 1.165) is 23.1 Å². The van der Waals surface area contributed by atoms with E-state index >= 15 is 0 Å². The van der Waals surface area contributed by atoms with Crippen LogP contribution in [0, 0.1) is 5.82 Å². The van der Waals surface area contributed by atoms with Crippen molar-refractivity contribution >= 4 is 6.09 Å². The van der Waals surface area contributed by atoms with Gasteiger partial charge in [-0.1, -0.05) is 42.5 Å². The smallest absolute Gasteiger partial charge is 0.410 e. The molecule has 1 fully saturated rings. The molecule has 1 aliphatic heterocycles. The predicted octanol–water partition coefficient (Wildman–Crippen LogP) is 5.34. The summed E-state index contributed by atoms with van der Waals surface area (Å²) in [6.07, 6.45) is 2.96. The Hall–Kier alpha value is -2.62. The van der Waals surface area contributed by atoms with Gasteiger partial charge in [0.1, 0.15) is 11.9 Å². The fourth-order valence-electron chi connectivity index (χ4n) is 3.12. The highest BCUT2D eigenvalue weighted by Gasteiger charge is 2.30. The van der Waals surface area contributed by atoms with Gasteiger partial charge in [0.25, 0.3) is 0 Å². The highest BCUT2D eigenvalue weighted by atomic mass is 19.1. The first-order valence-corrected chi connectivity index (χ1v) is 8.52. The number of cyclic esters (lactones) is 1. The van der Waals surface area contributed by atoms with Crippen LogP contribution in [-0.2, 0) is 4.74 Å². The molecule has 0 bridgehead atoms. The van der Waals surface area contributed by atoms with E-state index in [-0.39, 0.29) is 24.1 Å². The summed E-state index contributed by atoms with van der Waals surface area (Å²) in [5.74, 6) is -0.243. The molecular weight excluding hydrogens is 317 g/mol. The molecule has 1 amide bonds. The molecule has 130 valence electrons. The molecular formula is C21H22FNO2. The molecule has 3 nitrogen and oxygen atoms in total. The number of carbonyl (C=O) groups is 1. The summed E-state index contributed by atoms with van der Waals surface area (Å²) in [4.78, 5) is 14.0. The summed E-state index contributed by atoms with van der Waals surface area (Å²) >= 11 is 0. The van der Waals surface area contributed by atoms with Crippen molar-refractivity contribution in [3.8, 4) is 11.1 Å². The molecule has 0 aromatic heterocycles. The number of rotatable bonds is 5. The minimum Gasteiger partial charge on any atom is -0.446 e. The monoisotopic (exact) mass is 339 g/mol. The fourth-order valence-corrected chi connectivity index (χ4v) is 3.12. The molecule has 0 unspecified atom stereocenters. The van der Waals surface area contributed by atoms with E-state index in [1.54, 1.807) is 23.1 Å². The van der Waals surface area contributed by atoms with E-state index in [2.05, 4.69) is 6.58 Å². The molecule has 25 heavy (non-hydrogen) atoms. The lowest BCUT2D eigenvalue weighted by atomic mass is 10.00. The van der Waals surface area contributed by atoms with Crippen LogP contribution in [0.4, 0.5) is 9.18 Å². The molecule has 1 saturated heterocycles. The van der Waals surface area contributed by atoms with Gasteiger partial charge in [-0.3, -0.25) is 0 Å². The second-order valence-corrected chi connectivity index (χ2v) is 6.32. The first-order valence-electron chi connectivity index (χ1n) is 8.52. The topological polar surface area (TPSA) is 29.5 Å². The van der Waals surface area contributed by atoms with Crippen molar-refractivity contribution in [2.75, 3.05) is 6.54 Å². The van der Waals surface area contributed by atoms with Gasteiger partial charge in [0.05, 0.1) is 6.04 Å². The van der Waals surface area contributed by atoms with Crippen LogP contribution in [0.1, 0.15) is 31.4 Å². The maximum Gasteiger partial charge on any atom is 0.410 e. The third-order valence-electron chi connectivity index (χ3n) is 4.66. The molecule has 0 aliphatic carbocycles. The minimum absolute atomic E-state index is 0.0561. The van der Waals surface area contributed by atoms with E-state index in [9.17, 15) is 9.18 Å². The number of nitrogens with zero attached hydrogens (tertiary/aromatic N) is 1. The van der Waals surface area contributed by atoms with Crippen LogP contribution in [0.3, 0.4) is 0 Å². The molecule has 0 radical (unpaired) electrons. The van der Waals surface area contributed by atoms with Crippen LogP contribution in [0.15, 0.2) is 61.2 Å². The standard InChI is InChI=1S/C21H22FNO2/c1-3-4-20-13-14-23(21(24)25-20)15(2)16-5-7-17(8-6-16)18-9-11-19(22)12-10-18/h3,5-12,15,20H,1,4,13-14H2,2H3/t15-,20+/m0/s1. The summed E-state index contributed by atoms with van der Waals surface area (Å²) in [6, 6.07) is 14.4. The van der Waals surface area contributed by atoms with Gasteiger partial charge in [0, 0.05) is 19.4 Å². The second kappa shape index (κ2) is 7.51. The Morgan fingerprint density at radius 1 is 1.20 bits per heavy atom. The van der Waals surface area contributed by atoms with Gasteiger partial charge in [0.2, 0.25) is 0 Å². The van der Waals surface area contributed by atoms with E-state index in [1.165, 1.54) is 12.1 Å². The van der Waals surface area contributed by atoms with Crippen molar-refractivity contribution in [3.05, 3.63) is 72.6 Å². The van der Waals surface area contributed by atoms with Crippen LogP contribution in [0.5, 0.6) is 0 Å². The Labute approximate surface area is 147 Å². The summed E-state index contributed by atoms with van der Waals surface area (Å²) in [6.45, 7) is 6.37. The lowest BCUT2D eigenvalue weighted by Gasteiger charge is -2.35. The summed E-state index contributed by atoms with van der Waals surface area (Å²) in [5, 5.41) is 0. The Bertz CT molecular complexity index is 739. The van der Waals surface area contributed by atoms with Crippen molar-refractivity contribution in [3.63, 3.8) is 0 Å². The first kappa shape index (κ1) is 17.2. The zero-order chi connectivity index (χ0) is 17.8. The number of ether oxygens (including phenoxy) is 1. The van der Waals surface area contributed by atoms with Crippen LogP contribution < -0.4 is 0 Å². The average molecular weight is 339 g/mol. The van der Waals surface area contributed by atoms with Crippen molar-refractivity contribution in [2.24, 2.45) is 0 Å². The highest BCUT2D eigenvalue weighted by Crippen LogP contribution is 2.28. The van der Waals surface area contributed by atoms with Crippen molar-refractivity contribution in [1.29, 1.82) is 0 Å². The molecule has 3 rings (SSSR count). The quantitative estimate of drug-likeness (QED) is 0.688. The summed E-state index contributed by atoms with van der Waals surface area (Å²) in [7, 11) is 0. The average Bonchev–Trinajstić information content (AvgIpc) is 2.62. The van der Waals surface area contributed by atoms with E-state index in [1.807, 2.05) is 31.2 Å². The van der Waals surface area contributed by atoms with Gasteiger partial charge in [-0.05, 0) is 35.7 Å². The molecule has 0 N–H and O–H groups in total. The van der Waals surface area contributed by atoms with Crippen molar-refractivity contribution in [2.45, 2.75) is 31.9 Å². The maximum absolute atomic E-state index is 13.0. The Balaban J connectivity index is 1.70. The fraction of sp³-hybridized carbons (Fsp3) is 0.286. The molecule has 1 aliphatic rings. The van der Waals surface area contributed by atoms with E-state index in [4.69, 9.17) is 4.74 Å². The lowest BCUT2D eigenvalue weighted by Crippen LogP contribution is -2.43. The molecule has 2 aromatic carbocycles.